The normalized spacial score (nSPS) is 12.7. The maximum atomic E-state index is 5.91. The first-order valence-corrected chi connectivity index (χ1v) is 7.99. The Morgan fingerprint density at radius 2 is 1.61 bits per heavy atom. The number of halogens is 1. The van der Waals surface area contributed by atoms with Crippen molar-refractivity contribution in [3.63, 3.8) is 0 Å². The van der Waals surface area contributed by atoms with E-state index >= 15 is 0 Å². The summed E-state index contributed by atoms with van der Waals surface area (Å²) in [5.41, 5.74) is 3.50. The van der Waals surface area contributed by atoms with Gasteiger partial charge in [0.25, 0.3) is 0 Å². The molecule has 0 saturated heterocycles. The molecule has 0 heterocycles. The van der Waals surface area contributed by atoms with E-state index in [0.717, 1.165) is 10.6 Å². The molecule has 1 aliphatic carbocycles. The summed E-state index contributed by atoms with van der Waals surface area (Å²) in [4.78, 5) is 0. The van der Waals surface area contributed by atoms with E-state index in [0.29, 0.717) is 13.2 Å². The van der Waals surface area contributed by atoms with Crippen LogP contribution in [-0.4, -0.2) is 6.61 Å². The molecule has 1 aliphatic rings. The lowest BCUT2D eigenvalue weighted by Gasteiger charge is -2.22. The van der Waals surface area contributed by atoms with E-state index in [-0.39, 0.29) is 0 Å². The zero-order valence-electron chi connectivity index (χ0n) is 12.8. The van der Waals surface area contributed by atoms with Gasteiger partial charge in [0, 0.05) is 11.6 Å². The summed E-state index contributed by atoms with van der Waals surface area (Å²) in [7, 11) is 0. The van der Waals surface area contributed by atoms with Gasteiger partial charge in [-0.15, -0.1) is 41.8 Å². The molecule has 0 aromatic heterocycles. The minimum Gasteiger partial charge on any atom is -0.381 e. The summed E-state index contributed by atoms with van der Waals surface area (Å²) in [5.74, 6) is 1.17. The first kappa shape index (κ1) is 15.7. The number of hydrogen-bond donors (Lipinski definition) is 0. The molecule has 0 fully saturated rings. The van der Waals surface area contributed by atoms with Gasteiger partial charge in [-0.3, -0.25) is 0 Å². The molecule has 23 heavy (non-hydrogen) atoms. The van der Waals surface area contributed by atoms with Gasteiger partial charge in [0.05, 0.1) is 6.61 Å². The molecule has 0 saturated carbocycles. The average Bonchev–Trinajstić information content (AvgIpc) is 3.10. The molecule has 116 valence electrons. The highest BCUT2D eigenvalue weighted by atomic mass is 35.5. The third-order valence-corrected chi connectivity index (χ3v) is 3.87. The Balaban J connectivity index is 1.66. The Morgan fingerprint density at radius 3 is 2.30 bits per heavy atom. The Kier molecular flexibility index (Phi) is 5.36. The molecule has 0 radical (unpaired) electrons. The van der Waals surface area contributed by atoms with E-state index in [9.17, 15) is 0 Å². The topological polar surface area (TPSA) is 9.23 Å². The first-order chi connectivity index (χ1) is 11.3. The first-order valence-electron chi connectivity index (χ1n) is 7.61. The second-order valence-electron chi connectivity index (χ2n) is 5.37. The van der Waals surface area contributed by atoms with Gasteiger partial charge in [0.2, 0.25) is 0 Å². The summed E-state index contributed by atoms with van der Waals surface area (Å²) in [6, 6.07) is 18.1. The van der Waals surface area contributed by atoms with E-state index in [4.69, 9.17) is 16.3 Å². The second-order valence-corrected chi connectivity index (χ2v) is 5.81. The highest BCUT2D eigenvalue weighted by Crippen LogP contribution is 2.21. The van der Waals surface area contributed by atoms with Gasteiger partial charge in [-0.25, -0.2) is 0 Å². The molecule has 0 spiro atoms. The molecule has 0 bridgehead atoms. The standard InChI is InChI=1S/C21H18ClO/c22-21-12-10-18(11-13-21)15-23-16-20(14-17-6-4-5-7-17)19-8-2-1-3-9-19/h1-14H,15-16H2/q-1. The lowest BCUT2D eigenvalue weighted by Crippen LogP contribution is -2.07. The smallest absolute Gasteiger partial charge is 0.0710 e. The number of rotatable bonds is 6. The van der Waals surface area contributed by atoms with Crippen LogP contribution in [-0.2, 0) is 11.3 Å². The molecule has 0 N–H and O–H groups in total. The van der Waals surface area contributed by atoms with Crippen LogP contribution in [0.15, 0.2) is 90.6 Å². The van der Waals surface area contributed by atoms with Crippen molar-refractivity contribution < 1.29 is 4.74 Å². The highest BCUT2D eigenvalue weighted by molar-refractivity contribution is 6.30. The van der Waals surface area contributed by atoms with Crippen LogP contribution in [0, 0.1) is 5.92 Å². The van der Waals surface area contributed by atoms with Crippen molar-refractivity contribution in [2.24, 2.45) is 0 Å². The van der Waals surface area contributed by atoms with Crippen molar-refractivity contribution in [2.45, 2.75) is 6.61 Å². The van der Waals surface area contributed by atoms with E-state index in [1.54, 1.807) is 0 Å². The number of benzene rings is 2. The van der Waals surface area contributed by atoms with Crippen molar-refractivity contribution in [2.75, 3.05) is 6.61 Å². The lowest BCUT2D eigenvalue weighted by molar-refractivity contribution is 0.136. The lowest BCUT2D eigenvalue weighted by atomic mass is 9.97. The summed E-state index contributed by atoms with van der Waals surface area (Å²) < 4.78 is 5.91. The van der Waals surface area contributed by atoms with Crippen molar-refractivity contribution >= 4 is 11.6 Å². The van der Waals surface area contributed by atoms with Crippen molar-refractivity contribution in [3.05, 3.63) is 113 Å². The molecule has 1 nitrogen and oxygen atoms in total. The Hall–Kier alpha value is -2.22. The predicted molar refractivity (Wildman–Crippen MR) is 96.3 cm³/mol. The molecule has 2 heteroatoms. The number of ether oxygens (including phenoxy) is 1. The van der Waals surface area contributed by atoms with Gasteiger partial charge in [-0.05, 0) is 17.7 Å². The van der Waals surface area contributed by atoms with Crippen molar-refractivity contribution in [3.8, 4) is 0 Å². The van der Waals surface area contributed by atoms with Crippen LogP contribution in [0.25, 0.3) is 0 Å². The largest absolute Gasteiger partial charge is 0.381 e. The highest BCUT2D eigenvalue weighted by Gasteiger charge is 2.03. The van der Waals surface area contributed by atoms with Crippen molar-refractivity contribution in [1.82, 2.24) is 0 Å². The maximum Gasteiger partial charge on any atom is 0.0710 e. The Morgan fingerprint density at radius 1 is 0.913 bits per heavy atom. The summed E-state index contributed by atoms with van der Waals surface area (Å²) in [5, 5.41) is 0.745. The second kappa shape index (κ2) is 7.87. The fourth-order valence-electron chi connectivity index (χ4n) is 2.41. The minimum absolute atomic E-state index is 0.567. The molecule has 2 aromatic rings. The zero-order valence-corrected chi connectivity index (χ0v) is 13.5. The zero-order chi connectivity index (χ0) is 15.9. The number of hydrogen-bond acceptors (Lipinski definition) is 1. The van der Waals surface area contributed by atoms with Gasteiger partial charge >= 0.3 is 0 Å². The van der Waals surface area contributed by atoms with E-state index in [1.165, 1.54) is 17.1 Å². The summed E-state index contributed by atoms with van der Waals surface area (Å²) in [6.45, 7) is 1.14. The summed E-state index contributed by atoms with van der Waals surface area (Å²) in [6.07, 6.45) is 10.5. The van der Waals surface area contributed by atoms with Crippen molar-refractivity contribution in [1.29, 1.82) is 0 Å². The maximum absolute atomic E-state index is 5.91. The third-order valence-electron chi connectivity index (χ3n) is 3.61. The van der Waals surface area contributed by atoms with Gasteiger partial charge in [-0.2, -0.15) is 0 Å². The van der Waals surface area contributed by atoms with Crippen LogP contribution < -0.4 is 0 Å². The minimum atomic E-state index is 0.567. The fraction of sp³-hybridized carbons (Fsp3) is 0.0952. The van der Waals surface area contributed by atoms with Crippen LogP contribution >= 0.6 is 11.6 Å². The van der Waals surface area contributed by atoms with Crippen LogP contribution in [0.4, 0.5) is 0 Å². The monoisotopic (exact) mass is 321 g/mol. The summed E-state index contributed by atoms with van der Waals surface area (Å²) >= 11 is 5.91. The van der Waals surface area contributed by atoms with Gasteiger partial charge in [-0.1, -0.05) is 59.7 Å². The van der Waals surface area contributed by atoms with E-state index in [1.807, 2.05) is 54.6 Å². The fourth-order valence-corrected chi connectivity index (χ4v) is 2.53. The molecule has 0 amide bonds. The Labute approximate surface area is 142 Å². The molecule has 0 atom stereocenters. The van der Waals surface area contributed by atoms with Crippen LogP contribution in [0.2, 0.25) is 5.02 Å². The molecular weight excluding hydrogens is 304 g/mol. The van der Waals surface area contributed by atoms with Gasteiger partial charge in [0.1, 0.15) is 0 Å². The third kappa shape index (κ3) is 4.62. The van der Waals surface area contributed by atoms with E-state index in [2.05, 4.69) is 30.4 Å². The van der Waals surface area contributed by atoms with Crippen LogP contribution in [0.5, 0.6) is 0 Å². The number of allylic oxidation sites excluding steroid dienone is 5. The van der Waals surface area contributed by atoms with Crippen LogP contribution in [0.3, 0.4) is 0 Å². The van der Waals surface area contributed by atoms with E-state index < -0.39 is 0 Å². The average molecular weight is 322 g/mol. The quantitative estimate of drug-likeness (QED) is 0.635. The molecule has 3 rings (SSSR count). The molecule has 2 aromatic carbocycles. The molecular formula is C21H18ClO-. The van der Waals surface area contributed by atoms with Gasteiger partial charge < -0.3 is 4.74 Å². The Bertz CT molecular complexity index is 697. The van der Waals surface area contributed by atoms with Crippen LogP contribution in [0.1, 0.15) is 11.1 Å². The molecule has 0 unspecified atom stereocenters. The van der Waals surface area contributed by atoms with Gasteiger partial charge in [0.15, 0.2) is 0 Å². The SMILES string of the molecule is Clc1ccc(COC[C-](C=C2C=CC=C2)c2ccccc2)cc1. The predicted octanol–water partition coefficient (Wildman–Crippen LogP) is 5.53. The molecule has 0 aliphatic heterocycles.